The molecule has 0 amide bonds. The Bertz CT molecular complexity index is 359. The van der Waals surface area contributed by atoms with E-state index in [0.29, 0.717) is 0 Å². The number of methoxy groups -OCH3 is 1. The zero-order valence-corrected chi connectivity index (χ0v) is 13.0. The van der Waals surface area contributed by atoms with Crippen LogP contribution < -0.4 is 10.1 Å². The summed E-state index contributed by atoms with van der Waals surface area (Å²) in [5.74, 6) is 0.864. The van der Waals surface area contributed by atoms with E-state index in [0.717, 1.165) is 46.2 Å². The molecule has 0 aliphatic rings. The molecule has 0 aliphatic carbocycles. The Morgan fingerprint density at radius 1 is 1.29 bits per heavy atom. The molecule has 0 bridgehead atoms. The largest absolute Gasteiger partial charge is 0.495 e. The first-order valence-electron chi connectivity index (χ1n) is 5.52. The maximum absolute atomic E-state index is 8.68. The minimum Gasteiger partial charge on any atom is -0.495 e. The van der Waals surface area contributed by atoms with Gasteiger partial charge in [0.25, 0.3) is 0 Å². The fourth-order valence-corrected chi connectivity index (χ4v) is 3.03. The van der Waals surface area contributed by atoms with Gasteiger partial charge in [0.2, 0.25) is 0 Å². The number of nitrogens with one attached hydrogen (secondary N) is 1. The molecule has 0 radical (unpaired) electrons. The van der Waals surface area contributed by atoms with Gasteiger partial charge < -0.3 is 15.2 Å². The van der Waals surface area contributed by atoms with Gasteiger partial charge in [-0.15, -0.1) is 0 Å². The van der Waals surface area contributed by atoms with Crippen LogP contribution in [0.3, 0.4) is 0 Å². The molecule has 17 heavy (non-hydrogen) atoms. The van der Waals surface area contributed by atoms with Crippen LogP contribution >= 0.6 is 31.9 Å². The van der Waals surface area contributed by atoms with Crippen LogP contribution in [0.1, 0.15) is 18.4 Å². The maximum Gasteiger partial charge on any atom is 0.137 e. The van der Waals surface area contributed by atoms with E-state index in [-0.39, 0.29) is 6.61 Å². The first-order chi connectivity index (χ1) is 8.19. The molecule has 2 N–H and O–H groups in total. The van der Waals surface area contributed by atoms with Crippen LogP contribution in [0.2, 0.25) is 0 Å². The van der Waals surface area contributed by atoms with Crippen molar-refractivity contribution in [3.63, 3.8) is 0 Å². The van der Waals surface area contributed by atoms with E-state index < -0.39 is 0 Å². The van der Waals surface area contributed by atoms with E-state index >= 15 is 0 Å². The van der Waals surface area contributed by atoms with Crippen molar-refractivity contribution in [1.29, 1.82) is 0 Å². The highest BCUT2D eigenvalue weighted by molar-refractivity contribution is 9.11. The van der Waals surface area contributed by atoms with Gasteiger partial charge in [0.1, 0.15) is 5.75 Å². The minimum atomic E-state index is 0.257. The summed E-state index contributed by atoms with van der Waals surface area (Å²) in [5.41, 5.74) is 1.11. The summed E-state index contributed by atoms with van der Waals surface area (Å²) in [5, 5.41) is 12.0. The van der Waals surface area contributed by atoms with Crippen LogP contribution in [0.5, 0.6) is 5.75 Å². The lowest BCUT2D eigenvalue weighted by molar-refractivity contribution is 0.283. The molecule has 5 heteroatoms. The standard InChI is InChI=1S/C12H17Br2NO2/c1-17-12-9(6-10(13)7-11(12)14)8-15-4-2-3-5-16/h6-7,15-16H,2-5,8H2,1H3. The topological polar surface area (TPSA) is 41.5 Å². The van der Waals surface area contributed by atoms with Crippen molar-refractivity contribution < 1.29 is 9.84 Å². The monoisotopic (exact) mass is 365 g/mol. The Morgan fingerprint density at radius 2 is 2.06 bits per heavy atom. The number of rotatable bonds is 7. The number of aliphatic hydroxyl groups is 1. The van der Waals surface area contributed by atoms with Gasteiger partial charge in [-0.3, -0.25) is 0 Å². The maximum atomic E-state index is 8.68. The summed E-state index contributed by atoms with van der Waals surface area (Å²) in [6.07, 6.45) is 1.82. The number of aliphatic hydroxyl groups excluding tert-OH is 1. The Labute approximate surface area is 119 Å². The Kier molecular flexibility index (Phi) is 7.11. The van der Waals surface area contributed by atoms with Gasteiger partial charge in [-0.25, -0.2) is 0 Å². The van der Waals surface area contributed by atoms with E-state index in [1.165, 1.54) is 0 Å². The molecule has 0 aromatic heterocycles. The van der Waals surface area contributed by atoms with Gasteiger partial charge in [-0.2, -0.15) is 0 Å². The van der Waals surface area contributed by atoms with Crippen LogP contribution in [0.4, 0.5) is 0 Å². The van der Waals surface area contributed by atoms with Gasteiger partial charge in [0.05, 0.1) is 11.6 Å². The van der Waals surface area contributed by atoms with Crippen molar-refractivity contribution in [2.75, 3.05) is 20.3 Å². The molecule has 0 aliphatic heterocycles. The average molecular weight is 367 g/mol. The summed E-state index contributed by atoms with van der Waals surface area (Å²) in [4.78, 5) is 0. The summed E-state index contributed by atoms with van der Waals surface area (Å²) >= 11 is 6.94. The lowest BCUT2D eigenvalue weighted by Gasteiger charge is -2.12. The van der Waals surface area contributed by atoms with Crippen LogP contribution in [-0.4, -0.2) is 25.4 Å². The third-order valence-corrected chi connectivity index (χ3v) is 3.41. The van der Waals surface area contributed by atoms with Crippen molar-refractivity contribution in [2.45, 2.75) is 19.4 Å². The van der Waals surface area contributed by atoms with Gasteiger partial charge in [-0.05, 0) is 47.4 Å². The number of unbranched alkanes of at least 4 members (excludes halogenated alkanes) is 1. The Balaban J connectivity index is 2.57. The van der Waals surface area contributed by atoms with E-state index in [1.54, 1.807) is 7.11 Å². The molecular formula is C12H17Br2NO2. The van der Waals surface area contributed by atoms with Gasteiger partial charge in [0.15, 0.2) is 0 Å². The van der Waals surface area contributed by atoms with E-state index in [2.05, 4.69) is 37.2 Å². The molecule has 0 saturated heterocycles. The molecule has 0 atom stereocenters. The molecule has 96 valence electrons. The summed E-state index contributed by atoms with van der Waals surface area (Å²) in [7, 11) is 1.67. The fourth-order valence-electron chi connectivity index (χ4n) is 1.56. The van der Waals surface area contributed by atoms with Crippen LogP contribution in [0.15, 0.2) is 21.1 Å². The van der Waals surface area contributed by atoms with Crippen LogP contribution in [-0.2, 0) is 6.54 Å². The molecule has 1 aromatic rings. The van der Waals surface area contributed by atoms with Crippen molar-refractivity contribution >= 4 is 31.9 Å². The highest BCUT2D eigenvalue weighted by Crippen LogP contribution is 2.32. The highest BCUT2D eigenvalue weighted by atomic mass is 79.9. The number of ether oxygens (including phenoxy) is 1. The van der Waals surface area contributed by atoms with Crippen molar-refractivity contribution in [3.8, 4) is 5.75 Å². The lowest BCUT2D eigenvalue weighted by atomic mass is 10.2. The second kappa shape index (κ2) is 8.08. The minimum absolute atomic E-state index is 0.257. The van der Waals surface area contributed by atoms with Gasteiger partial charge in [-0.1, -0.05) is 15.9 Å². The predicted molar refractivity (Wildman–Crippen MR) is 76.4 cm³/mol. The first kappa shape index (κ1) is 15.0. The summed E-state index contributed by atoms with van der Waals surface area (Å²) < 4.78 is 7.33. The zero-order valence-electron chi connectivity index (χ0n) is 9.80. The molecule has 1 aromatic carbocycles. The highest BCUT2D eigenvalue weighted by Gasteiger charge is 2.08. The van der Waals surface area contributed by atoms with Gasteiger partial charge in [0, 0.05) is 23.2 Å². The first-order valence-corrected chi connectivity index (χ1v) is 7.11. The zero-order chi connectivity index (χ0) is 12.7. The van der Waals surface area contributed by atoms with Crippen LogP contribution in [0, 0.1) is 0 Å². The molecule has 0 fully saturated rings. The molecular weight excluding hydrogens is 350 g/mol. The summed E-state index contributed by atoms with van der Waals surface area (Å²) in [6, 6.07) is 4.01. The van der Waals surface area contributed by atoms with E-state index in [4.69, 9.17) is 9.84 Å². The van der Waals surface area contributed by atoms with Crippen molar-refractivity contribution in [1.82, 2.24) is 5.32 Å². The van der Waals surface area contributed by atoms with E-state index in [1.807, 2.05) is 12.1 Å². The fraction of sp³-hybridized carbons (Fsp3) is 0.500. The van der Waals surface area contributed by atoms with E-state index in [9.17, 15) is 0 Å². The molecule has 1 rings (SSSR count). The number of benzene rings is 1. The average Bonchev–Trinajstić information content (AvgIpc) is 2.28. The number of halogens is 2. The van der Waals surface area contributed by atoms with Crippen LogP contribution in [0.25, 0.3) is 0 Å². The van der Waals surface area contributed by atoms with Crippen molar-refractivity contribution in [3.05, 3.63) is 26.6 Å². The molecule has 0 unspecified atom stereocenters. The SMILES string of the molecule is COc1c(Br)cc(Br)cc1CNCCCCO. The second-order valence-electron chi connectivity index (χ2n) is 3.69. The summed E-state index contributed by atoms with van der Waals surface area (Å²) in [6.45, 7) is 1.91. The van der Waals surface area contributed by atoms with Crippen molar-refractivity contribution in [2.24, 2.45) is 0 Å². The lowest BCUT2D eigenvalue weighted by Crippen LogP contribution is -2.15. The number of hydrogen-bond donors (Lipinski definition) is 2. The molecule has 0 heterocycles. The molecule has 0 spiro atoms. The third-order valence-electron chi connectivity index (χ3n) is 2.37. The molecule has 0 saturated carbocycles. The normalized spacial score (nSPS) is 10.6. The smallest absolute Gasteiger partial charge is 0.137 e. The number of hydrogen-bond acceptors (Lipinski definition) is 3. The Morgan fingerprint density at radius 3 is 2.71 bits per heavy atom. The predicted octanol–water partition coefficient (Wildman–Crippen LogP) is 3.08. The second-order valence-corrected chi connectivity index (χ2v) is 5.46. The van der Waals surface area contributed by atoms with Gasteiger partial charge >= 0.3 is 0 Å². The third kappa shape index (κ3) is 4.95. The quantitative estimate of drug-likeness (QED) is 0.728. The molecule has 3 nitrogen and oxygen atoms in total. The Hall–Kier alpha value is -0.100.